The first-order valence-electron chi connectivity index (χ1n) is 5.86. The van der Waals surface area contributed by atoms with Crippen LogP contribution in [0.2, 0.25) is 0 Å². The van der Waals surface area contributed by atoms with Gasteiger partial charge >= 0.3 is 0 Å². The van der Waals surface area contributed by atoms with Gasteiger partial charge in [-0.2, -0.15) is 0 Å². The molecule has 2 N–H and O–H groups in total. The molecule has 1 nitrogen and oxygen atoms in total. The fourth-order valence-corrected chi connectivity index (χ4v) is 2.04. The van der Waals surface area contributed by atoms with E-state index in [-0.39, 0.29) is 5.41 Å². The van der Waals surface area contributed by atoms with Gasteiger partial charge in [0.1, 0.15) is 0 Å². The Kier molecular flexibility index (Phi) is 2.49. The van der Waals surface area contributed by atoms with Crippen molar-refractivity contribution in [2.75, 3.05) is 5.73 Å². The lowest BCUT2D eigenvalue weighted by Crippen LogP contribution is -2.14. The number of hydrogen-bond donors (Lipinski definition) is 1. The van der Waals surface area contributed by atoms with Crippen LogP contribution in [0.3, 0.4) is 0 Å². The van der Waals surface area contributed by atoms with Crippen LogP contribution in [0.25, 0.3) is 0 Å². The van der Waals surface area contributed by atoms with E-state index in [1.165, 1.54) is 30.4 Å². The van der Waals surface area contributed by atoms with Crippen LogP contribution >= 0.6 is 0 Å². The molecule has 0 atom stereocenters. The first-order chi connectivity index (χ1) is 6.97. The summed E-state index contributed by atoms with van der Waals surface area (Å²) in [5, 5.41) is 0. The highest BCUT2D eigenvalue weighted by molar-refractivity contribution is 5.52. The summed E-state index contributed by atoms with van der Waals surface area (Å²) in [6, 6.07) is 6.55. The molecule has 1 fully saturated rings. The molecule has 0 heterocycles. The average molecular weight is 203 g/mol. The topological polar surface area (TPSA) is 26.0 Å². The molecule has 0 radical (unpaired) electrons. The van der Waals surface area contributed by atoms with Crippen LogP contribution in [0, 0.1) is 5.92 Å². The molecule has 15 heavy (non-hydrogen) atoms. The zero-order chi connectivity index (χ0) is 11.1. The van der Waals surface area contributed by atoms with Gasteiger partial charge in [0, 0.05) is 5.69 Å². The number of nitrogen functional groups attached to an aromatic ring is 1. The van der Waals surface area contributed by atoms with E-state index in [9.17, 15) is 0 Å². The van der Waals surface area contributed by atoms with Gasteiger partial charge in [-0.1, -0.05) is 32.9 Å². The summed E-state index contributed by atoms with van der Waals surface area (Å²) in [6.07, 6.45) is 4.06. The second-order valence-electron chi connectivity index (χ2n) is 5.82. The van der Waals surface area contributed by atoms with Crippen molar-refractivity contribution in [1.82, 2.24) is 0 Å². The minimum atomic E-state index is 0.156. The molecule has 0 amide bonds. The van der Waals surface area contributed by atoms with Crippen molar-refractivity contribution in [1.29, 1.82) is 0 Å². The van der Waals surface area contributed by atoms with Gasteiger partial charge in [0.25, 0.3) is 0 Å². The minimum absolute atomic E-state index is 0.156. The maximum atomic E-state index is 6.02. The van der Waals surface area contributed by atoms with Crippen LogP contribution < -0.4 is 5.73 Å². The number of nitrogens with two attached hydrogens (primary N) is 1. The molecular weight excluding hydrogens is 182 g/mol. The SMILES string of the molecule is CC(C)(C)c1cc(CC2CC2)ccc1N. The van der Waals surface area contributed by atoms with Crippen LogP contribution in [0.15, 0.2) is 18.2 Å². The molecule has 0 aliphatic heterocycles. The van der Waals surface area contributed by atoms with E-state index >= 15 is 0 Å². The fourth-order valence-electron chi connectivity index (χ4n) is 2.04. The third-order valence-corrected chi connectivity index (χ3v) is 3.15. The van der Waals surface area contributed by atoms with Gasteiger partial charge in [-0.25, -0.2) is 0 Å². The van der Waals surface area contributed by atoms with Crippen molar-refractivity contribution in [2.24, 2.45) is 5.92 Å². The Morgan fingerprint density at radius 3 is 2.47 bits per heavy atom. The van der Waals surface area contributed by atoms with E-state index in [4.69, 9.17) is 5.73 Å². The first-order valence-corrected chi connectivity index (χ1v) is 5.86. The lowest BCUT2D eigenvalue weighted by atomic mass is 9.84. The molecule has 0 unspecified atom stereocenters. The average Bonchev–Trinajstić information content (AvgIpc) is 2.90. The van der Waals surface area contributed by atoms with Crippen molar-refractivity contribution in [3.05, 3.63) is 29.3 Å². The Labute approximate surface area is 92.7 Å². The van der Waals surface area contributed by atoms with E-state index in [1.807, 2.05) is 0 Å². The number of hydrogen-bond acceptors (Lipinski definition) is 1. The lowest BCUT2D eigenvalue weighted by Gasteiger charge is -2.22. The molecule has 1 saturated carbocycles. The Hall–Kier alpha value is -0.980. The van der Waals surface area contributed by atoms with Crippen LogP contribution in [0.4, 0.5) is 5.69 Å². The highest BCUT2D eigenvalue weighted by Gasteiger charge is 2.23. The molecule has 1 aliphatic rings. The molecule has 1 aliphatic carbocycles. The number of rotatable bonds is 2. The van der Waals surface area contributed by atoms with E-state index < -0.39 is 0 Å². The summed E-state index contributed by atoms with van der Waals surface area (Å²) in [5.74, 6) is 0.946. The molecule has 0 spiro atoms. The Morgan fingerprint density at radius 2 is 1.93 bits per heavy atom. The van der Waals surface area contributed by atoms with E-state index in [0.717, 1.165) is 11.6 Å². The van der Waals surface area contributed by atoms with E-state index in [2.05, 4.69) is 39.0 Å². The maximum absolute atomic E-state index is 6.02. The molecule has 0 saturated heterocycles. The van der Waals surface area contributed by atoms with Gasteiger partial charge in [-0.3, -0.25) is 0 Å². The third-order valence-electron chi connectivity index (χ3n) is 3.15. The van der Waals surface area contributed by atoms with Gasteiger partial charge in [-0.15, -0.1) is 0 Å². The summed E-state index contributed by atoms with van der Waals surface area (Å²) in [6.45, 7) is 6.67. The van der Waals surface area contributed by atoms with Gasteiger partial charge in [0.15, 0.2) is 0 Å². The van der Waals surface area contributed by atoms with Crippen molar-refractivity contribution >= 4 is 5.69 Å². The maximum Gasteiger partial charge on any atom is 0.0352 e. The van der Waals surface area contributed by atoms with Crippen LogP contribution in [-0.2, 0) is 11.8 Å². The molecule has 0 bridgehead atoms. The molecule has 1 aromatic rings. The summed E-state index contributed by atoms with van der Waals surface area (Å²) in [5.41, 5.74) is 9.86. The molecule has 2 rings (SSSR count). The fraction of sp³-hybridized carbons (Fsp3) is 0.571. The van der Waals surface area contributed by atoms with Gasteiger partial charge in [-0.05, 0) is 47.8 Å². The van der Waals surface area contributed by atoms with Gasteiger partial charge < -0.3 is 5.73 Å². The van der Waals surface area contributed by atoms with Crippen LogP contribution in [0.5, 0.6) is 0 Å². The Bertz CT molecular complexity index is 356. The van der Waals surface area contributed by atoms with E-state index in [1.54, 1.807) is 0 Å². The van der Waals surface area contributed by atoms with Crippen molar-refractivity contribution in [3.8, 4) is 0 Å². The molecule has 82 valence electrons. The quantitative estimate of drug-likeness (QED) is 0.731. The summed E-state index contributed by atoms with van der Waals surface area (Å²) in [4.78, 5) is 0. The van der Waals surface area contributed by atoms with Gasteiger partial charge in [0.2, 0.25) is 0 Å². The van der Waals surface area contributed by atoms with Gasteiger partial charge in [0.05, 0.1) is 0 Å². The Morgan fingerprint density at radius 1 is 1.27 bits per heavy atom. The first kappa shape index (κ1) is 10.5. The normalized spacial score (nSPS) is 16.7. The highest BCUT2D eigenvalue weighted by atomic mass is 14.6. The monoisotopic (exact) mass is 203 g/mol. The number of benzene rings is 1. The summed E-state index contributed by atoms with van der Waals surface area (Å²) >= 11 is 0. The molecule has 1 aromatic carbocycles. The minimum Gasteiger partial charge on any atom is -0.398 e. The standard InChI is InChI=1S/C14H21N/c1-14(2,3)12-9-11(6-7-13(12)15)8-10-4-5-10/h6-7,9-10H,4-5,8,15H2,1-3H3. The number of anilines is 1. The largest absolute Gasteiger partial charge is 0.398 e. The molecular formula is C14H21N. The predicted molar refractivity (Wildman–Crippen MR) is 66.0 cm³/mol. The smallest absolute Gasteiger partial charge is 0.0352 e. The molecule has 1 heteroatoms. The molecule has 0 aromatic heterocycles. The van der Waals surface area contributed by atoms with E-state index in [0.29, 0.717) is 0 Å². The van der Waals surface area contributed by atoms with Crippen molar-refractivity contribution in [3.63, 3.8) is 0 Å². The van der Waals surface area contributed by atoms with Crippen molar-refractivity contribution < 1.29 is 0 Å². The zero-order valence-electron chi connectivity index (χ0n) is 10.0. The zero-order valence-corrected chi connectivity index (χ0v) is 10.0. The predicted octanol–water partition coefficient (Wildman–Crippen LogP) is 3.52. The highest BCUT2D eigenvalue weighted by Crippen LogP contribution is 2.35. The van der Waals surface area contributed by atoms with Crippen LogP contribution in [0.1, 0.15) is 44.7 Å². The Balaban J connectivity index is 2.27. The summed E-state index contributed by atoms with van der Waals surface area (Å²) in [7, 11) is 0. The van der Waals surface area contributed by atoms with Crippen LogP contribution in [-0.4, -0.2) is 0 Å². The second kappa shape index (κ2) is 3.55. The second-order valence-corrected chi connectivity index (χ2v) is 5.82. The summed E-state index contributed by atoms with van der Waals surface area (Å²) < 4.78 is 0. The third kappa shape index (κ3) is 2.53. The van der Waals surface area contributed by atoms with Crippen molar-refractivity contribution in [2.45, 2.75) is 45.4 Å². The lowest BCUT2D eigenvalue weighted by molar-refractivity contribution is 0.591.